The highest BCUT2D eigenvalue weighted by Crippen LogP contribution is 2.42. The van der Waals surface area contributed by atoms with Gasteiger partial charge >= 0.3 is 0 Å². The lowest BCUT2D eigenvalue weighted by Crippen LogP contribution is -2.06. The van der Waals surface area contributed by atoms with Crippen LogP contribution in [0.2, 0.25) is 0 Å². The Morgan fingerprint density at radius 2 is 1.50 bits per heavy atom. The summed E-state index contributed by atoms with van der Waals surface area (Å²) in [4.78, 5) is 0. The van der Waals surface area contributed by atoms with Crippen LogP contribution in [0.3, 0.4) is 0 Å². The highest BCUT2D eigenvalue weighted by molar-refractivity contribution is 5.59. The van der Waals surface area contributed by atoms with Gasteiger partial charge in [0.1, 0.15) is 11.5 Å². The first kappa shape index (κ1) is 14.9. The van der Waals surface area contributed by atoms with Crippen LogP contribution >= 0.6 is 0 Å². The van der Waals surface area contributed by atoms with Crippen LogP contribution in [0, 0.1) is 12.8 Å². The summed E-state index contributed by atoms with van der Waals surface area (Å²) in [6, 6.07) is 0. The third-order valence-corrected chi connectivity index (χ3v) is 3.50. The molecule has 0 fully saturated rings. The van der Waals surface area contributed by atoms with Crippen LogP contribution in [0.25, 0.3) is 0 Å². The van der Waals surface area contributed by atoms with E-state index in [9.17, 15) is 10.2 Å². The molecule has 2 heteroatoms. The van der Waals surface area contributed by atoms with Crippen LogP contribution in [0.4, 0.5) is 0 Å². The monoisotopic (exact) mass is 250 g/mol. The number of hydrogen-bond acceptors (Lipinski definition) is 2. The molecule has 18 heavy (non-hydrogen) atoms. The van der Waals surface area contributed by atoms with E-state index in [4.69, 9.17) is 0 Å². The highest BCUT2D eigenvalue weighted by atomic mass is 16.3. The number of phenols is 2. The van der Waals surface area contributed by atoms with E-state index in [1.807, 2.05) is 13.8 Å². The number of aromatic hydroxyl groups is 2. The predicted molar refractivity (Wildman–Crippen MR) is 76.5 cm³/mol. The molecule has 0 aliphatic heterocycles. The van der Waals surface area contributed by atoms with Gasteiger partial charge in [-0.05, 0) is 37.2 Å². The zero-order valence-electron chi connectivity index (χ0n) is 12.5. The van der Waals surface area contributed by atoms with E-state index < -0.39 is 0 Å². The normalized spacial score (nSPS) is 11.6. The number of benzene rings is 1. The molecule has 0 aromatic heterocycles. The first-order valence-electron chi connectivity index (χ1n) is 6.87. The van der Waals surface area contributed by atoms with Crippen LogP contribution in [0.5, 0.6) is 11.5 Å². The lowest BCUT2D eigenvalue weighted by atomic mass is 9.85. The third-order valence-electron chi connectivity index (χ3n) is 3.50. The van der Waals surface area contributed by atoms with Crippen molar-refractivity contribution in [3.05, 3.63) is 22.3 Å². The second-order valence-electron chi connectivity index (χ2n) is 5.80. The Bertz CT molecular complexity index is 431. The van der Waals surface area contributed by atoms with Crippen molar-refractivity contribution >= 4 is 0 Å². The molecule has 0 spiro atoms. The van der Waals surface area contributed by atoms with Crippen molar-refractivity contribution in [1.82, 2.24) is 0 Å². The van der Waals surface area contributed by atoms with Crippen molar-refractivity contribution in [1.29, 1.82) is 0 Å². The van der Waals surface area contributed by atoms with Crippen LogP contribution in [0.1, 0.15) is 62.8 Å². The minimum absolute atomic E-state index is 0.217. The Kier molecular flexibility index (Phi) is 4.66. The van der Waals surface area contributed by atoms with Crippen LogP contribution in [0.15, 0.2) is 0 Å². The first-order chi connectivity index (χ1) is 8.31. The average molecular weight is 250 g/mol. The maximum absolute atomic E-state index is 10.5. The van der Waals surface area contributed by atoms with Crippen molar-refractivity contribution in [2.24, 2.45) is 5.92 Å². The molecule has 0 saturated heterocycles. The quantitative estimate of drug-likeness (QED) is 0.783. The number of rotatable bonds is 4. The van der Waals surface area contributed by atoms with Gasteiger partial charge in [-0.3, -0.25) is 0 Å². The van der Waals surface area contributed by atoms with E-state index in [2.05, 4.69) is 27.7 Å². The largest absolute Gasteiger partial charge is 0.507 e. The fourth-order valence-corrected chi connectivity index (χ4v) is 2.64. The lowest BCUT2D eigenvalue weighted by Gasteiger charge is -2.22. The van der Waals surface area contributed by atoms with Gasteiger partial charge < -0.3 is 10.2 Å². The summed E-state index contributed by atoms with van der Waals surface area (Å²) in [6.07, 6.45) is 1.55. The van der Waals surface area contributed by atoms with Gasteiger partial charge in [-0.2, -0.15) is 0 Å². The molecule has 2 N–H and O–H groups in total. The fourth-order valence-electron chi connectivity index (χ4n) is 2.64. The number of phenolic OH excluding ortho intramolecular Hbond substituents is 2. The number of hydrogen-bond donors (Lipinski definition) is 2. The van der Waals surface area contributed by atoms with Gasteiger partial charge in [-0.25, -0.2) is 0 Å². The molecular weight excluding hydrogens is 224 g/mol. The Labute approximate surface area is 111 Å². The van der Waals surface area contributed by atoms with Gasteiger partial charge in [0.25, 0.3) is 0 Å². The zero-order valence-corrected chi connectivity index (χ0v) is 12.5. The van der Waals surface area contributed by atoms with Gasteiger partial charge in [-0.15, -0.1) is 0 Å². The topological polar surface area (TPSA) is 40.5 Å². The Hall–Kier alpha value is -1.18. The summed E-state index contributed by atoms with van der Waals surface area (Å²) >= 11 is 0. The molecule has 0 radical (unpaired) electrons. The molecule has 0 bridgehead atoms. The van der Waals surface area contributed by atoms with Gasteiger partial charge in [0.2, 0.25) is 0 Å². The molecule has 0 unspecified atom stereocenters. The van der Waals surface area contributed by atoms with E-state index in [0.29, 0.717) is 17.4 Å². The Morgan fingerprint density at radius 1 is 0.944 bits per heavy atom. The molecule has 0 aliphatic carbocycles. The maximum atomic E-state index is 10.5. The van der Waals surface area contributed by atoms with Crippen LogP contribution in [-0.4, -0.2) is 10.2 Å². The third kappa shape index (κ3) is 2.63. The summed E-state index contributed by atoms with van der Waals surface area (Å²) in [7, 11) is 0. The Balaban J connectivity index is 3.58. The molecule has 102 valence electrons. The molecule has 1 rings (SSSR count). The van der Waals surface area contributed by atoms with Gasteiger partial charge in [0, 0.05) is 16.7 Å². The Morgan fingerprint density at radius 3 is 1.89 bits per heavy atom. The first-order valence-corrected chi connectivity index (χ1v) is 6.87. The van der Waals surface area contributed by atoms with Gasteiger partial charge in [-0.1, -0.05) is 34.6 Å². The molecule has 1 aromatic rings. The second kappa shape index (κ2) is 5.64. The van der Waals surface area contributed by atoms with E-state index in [-0.39, 0.29) is 5.92 Å². The van der Waals surface area contributed by atoms with Crippen LogP contribution < -0.4 is 0 Å². The molecule has 0 aliphatic rings. The van der Waals surface area contributed by atoms with Crippen LogP contribution in [-0.2, 0) is 12.8 Å². The molecule has 0 amide bonds. The van der Waals surface area contributed by atoms with E-state index in [1.54, 1.807) is 0 Å². The SMILES string of the molecule is CCc1c(C)c(O)c(C(C)C)c(CC(C)C)c1O. The molecule has 0 heterocycles. The smallest absolute Gasteiger partial charge is 0.122 e. The van der Waals surface area contributed by atoms with Crippen molar-refractivity contribution in [2.45, 2.75) is 60.3 Å². The van der Waals surface area contributed by atoms with Crippen molar-refractivity contribution in [2.75, 3.05) is 0 Å². The summed E-state index contributed by atoms with van der Waals surface area (Å²) < 4.78 is 0. The summed E-state index contributed by atoms with van der Waals surface area (Å²) in [6.45, 7) is 12.3. The van der Waals surface area contributed by atoms with Crippen molar-refractivity contribution in [3.63, 3.8) is 0 Å². The summed E-state index contributed by atoms with van der Waals surface area (Å²) in [5.74, 6) is 1.44. The molecule has 0 atom stereocenters. The lowest BCUT2D eigenvalue weighted by molar-refractivity contribution is 0.431. The van der Waals surface area contributed by atoms with Crippen molar-refractivity contribution < 1.29 is 10.2 Å². The minimum atomic E-state index is 0.217. The summed E-state index contributed by atoms with van der Waals surface area (Å²) in [5.41, 5.74) is 3.55. The van der Waals surface area contributed by atoms with Gasteiger partial charge in [0.15, 0.2) is 0 Å². The predicted octanol–water partition coefficient (Wildman–Crippen LogP) is 4.29. The van der Waals surface area contributed by atoms with E-state index in [0.717, 1.165) is 35.1 Å². The average Bonchev–Trinajstić information content (AvgIpc) is 2.25. The fraction of sp³-hybridized carbons (Fsp3) is 0.625. The van der Waals surface area contributed by atoms with E-state index in [1.165, 1.54) is 0 Å². The summed E-state index contributed by atoms with van der Waals surface area (Å²) in [5, 5.41) is 20.8. The van der Waals surface area contributed by atoms with Gasteiger partial charge in [0.05, 0.1) is 0 Å². The second-order valence-corrected chi connectivity index (χ2v) is 5.80. The zero-order chi connectivity index (χ0) is 14.0. The molecule has 1 aromatic carbocycles. The standard InChI is InChI=1S/C16H26O2/c1-7-12-11(6)15(17)14(10(4)5)13(16(12)18)8-9(2)3/h9-10,17-18H,7-8H2,1-6H3. The molecule has 0 saturated carbocycles. The maximum Gasteiger partial charge on any atom is 0.122 e. The van der Waals surface area contributed by atoms with E-state index >= 15 is 0 Å². The molecular formula is C16H26O2. The highest BCUT2D eigenvalue weighted by Gasteiger charge is 2.22. The molecule has 2 nitrogen and oxygen atoms in total. The van der Waals surface area contributed by atoms with Crippen molar-refractivity contribution in [3.8, 4) is 11.5 Å². The minimum Gasteiger partial charge on any atom is -0.507 e.